The minimum absolute atomic E-state index is 0.0287. The number of anilines is 2. The Hall–Kier alpha value is -4.02. The van der Waals surface area contributed by atoms with Crippen molar-refractivity contribution in [2.24, 2.45) is 5.92 Å². The normalized spacial score (nSPS) is 18.6. The van der Waals surface area contributed by atoms with Gasteiger partial charge in [0, 0.05) is 50.9 Å². The Balaban J connectivity index is 1.18. The molecule has 1 unspecified atom stereocenters. The summed E-state index contributed by atoms with van der Waals surface area (Å²) < 4.78 is 6.80. The highest BCUT2D eigenvalue weighted by Crippen LogP contribution is 2.29. The number of carbonyl (C=O) groups excluding carboxylic acids is 2. The Morgan fingerprint density at radius 2 is 1.85 bits per heavy atom. The molecule has 4 heterocycles. The first-order valence-corrected chi connectivity index (χ1v) is 10.8. The topological polar surface area (TPSA) is 110 Å². The Bertz CT molecular complexity index is 1130. The van der Waals surface area contributed by atoms with Crippen LogP contribution in [0.4, 0.5) is 11.5 Å². The van der Waals surface area contributed by atoms with Gasteiger partial charge in [0.25, 0.3) is 0 Å². The average molecular weight is 448 g/mol. The predicted octanol–water partition coefficient (Wildman–Crippen LogP) is 0.768. The van der Waals surface area contributed by atoms with Crippen LogP contribution in [-0.4, -0.2) is 81.5 Å². The zero-order chi connectivity index (χ0) is 22.8. The van der Waals surface area contributed by atoms with Crippen LogP contribution in [0, 0.1) is 5.92 Å². The van der Waals surface area contributed by atoms with Crippen LogP contribution in [-0.2, 0) is 9.59 Å². The number of amides is 2. The van der Waals surface area contributed by atoms with Gasteiger partial charge < -0.3 is 19.4 Å². The fraction of sp³-hybridized carbons (Fsp3) is 0.364. The van der Waals surface area contributed by atoms with Crippen LogP contribution < -0.4 is 14.5 Å². The number of rotatable bonds is 5. The molecule has 1 atom stereocenters. The van der Waals surface area contributed by atoms with Gasteiger partial charge in [0.2, 0.25) is 11.8 Å². The van der Waals surface area contributed by atoms with Gasteiger partial charge >= 0.3 is 0 Å². The molecule has 33 heavy (non-hydrogen) atoms. The van der Waals surface area contributed by atoms with Crippen molar-refractivity contribution in [1.82, 2.24) is 29.9 Å². The number of ether oxygens (including phenoxy) is 1. The number of benzene rings is 1. The third kappa shape index (κ3) is 4.21. The third-order valence-corrected chi connectivity index (χ3v) is 6.04. The van der Waals surface area contributed by atoms with Crippen molar-refractivity contribution >= 4 is 23.3 Å². The van der Waals surface area contributed by atoms with Crippen LogP contribution in [0.3, 0.4) is 0 Å². The average Bonchev–Trinajstić information content (AvgIpc) is 3.54. The van der Waals surface area contributed by atoms with E-state index in [1.54, 1.807) is 23.0 Å². The Labute approximate surface area is 190 Å². The van der Waals surface area contributed by atoms with Crippen LogP contribution in [0.15, 0.2) is 49.1 Å². The second-order valence-corrected chi connectivity index (χ2v) is 8.01. The van der Waals surface area contributed by atoms with Crippen molar-refractivity contribution in [3.8, 4) is 11.6 Å². The third-order valence-electron chi connectivity index (χ3n) is 6.04. The van der Waals surface area contributed by atoms with E-state index in [0.29, 0.717) is 44.3 Å². The van der Waals surface area contributed by atoms with Crippen LogP contribution in [0.25, 0.3) is 5.82 Å². The largest absolute Gasteiger partial charge is 0.497 e. The highest BCUT2D eigenvalue weighted by molar-refractivity contribution is 6.00. The molecular weight excluding hydrogens is 424 g/mol. The number of methoxy groups -OCH3 is 1. The van der Waals surface area contributed by atoms with E-state index in [4.69, 9.17) is 4.74 Å². The molecule has 0 radical (unpaired) electrons. The second-order valence-electron chi connectivity index (χ2n) is 8.01. The van der Waals surface area contributed by atoms with E-state index in [1.807, 2.05) is 41.3 Å². The number of piperazine rings is 1. The summed E-state index contributed by atoms with van der Waals surface area (Å²) in [6.45, 7) is 2.86. The molecule has 0 N–H and O–H groups in total. The number of nitrogens with zero attached hydrogens (tertiary/aromatic N) is 8. The molecule has 3 aromatic rings. The standard InChI is InChI=1S/C22H24N8O3/c1-33-18-4-2-3-17(12-18)29-13-16(11-21(29)31)22(32)28-9-7-27(8-10-28)19-5-6-20(26-25-19)30-15-23-14-24-30/h2-6,12,14-16H,7-11,13H2,1H3. The maximum atomic E-state index is 13.1. The molecule has 2 amide bonds. The van der Waals surface area contributed by atoms with Crippen molar-refractivity contribution in [2.45, 2.75) is 6.42 Å². The van der Waals surface area contributed by atoms with E-state index >= 15 is 0 Å². The minimum atomic E-state index is -0.336. The Morgan fingerprint density at radius 1 is 1.06 bits per heavy atom. The lowest BCUT2D eigenvalue weighted by Crippen LogP contribution is -2.51. The van der Waals surface area contributed by atoms with E-state index in [2.05, 4.69) is 25.2 Å². The summed E-state index contributed by atoms with van der Waals surface area (Å²) in [5, 5.41) is 12.5. The van der Waals surface area contributed by atoms with E-state index < -0.39 is 0 Å². The summed E-state index contributed by atoms with van der Waals surface area (Å²) >= 11 is 0. The summed E-state index contributed by atoms with van der Waals surface area (Å²) in [5.41, 5.74) is 0.757. The number of carbonyl (C=O) groups is 2. The van der Waals surface area contributed by atoms with Gasteiger partial charge in [-0.2, -0.15) is 5.10 Å². The van der Waals surface area contributed by atoms with E-state index in [9.17, 15) is 9.59 Å². The number of hydrogen-bond acceptors (Lipinski definition) is 8. The van der Waals surface area contributed by atoms with Gasteiger partial charge in [-0.25, -0.2) is 9.67 Å². The number of hydrogen-bond donors (Lipinski definition) is 0. The molecule has 1 aromatic carbocycles. The van der Waals surface area contributed by atoms with E-state index in [0.717, 1.165) is 11.5 Å². The molecule has 2 saturated heterocycles. The van der Waals surface area contributed by atoms with Crippen molar-refractivity contribution in [2.75, 3.05) is 49.6 Å². The maximum absolute atomic E-state index is 13.1. The monoisotopic (exact) mass is 448 g/mol. The molecule has 0 bridgehead atoms. The summed E-state index contributed by atoms with van der Waals surface area (Å²) in [4.78, 5) is 35.3. The molecule has 2 aliphatic rings. The van der Waals surface area contributed by atoms with Gasteiger partial charge in [-0.3, -0.25) is 9.59 Å². The molecule has 2 fully saturated rings. The van der Waals surface area contributed by atoms with Gasteiger partial charge in [-0.05, 0) is 24.3 Å². The molecule has 170 valence electrons. The van der Waals surface area contributed by atoms with Crippen LogP contribution in [0.1, 0.15) is 6.42 Å². The molecular formula is C22H24N8O3. The summed E-state index contributed by atoms with van der Waals surface area (Å²) in [7, 11) is 1.59. The lowest BCUT2D eigenvalue weighted by atomic mass is 10.1. The van der Waals surface area contributed by atoms with Crippen LogP contribution >= 0.6 is 0 Å². The molecule has 11 nitrogen and oxygen atoms in total. The first-order chi connectivity index (χ1) is 16.1. The molecule has 2 aromatic heterocycles. The van der Waals surface area contributed by atoms with Crippen molar-refractivity contribution in [3.63, 3.8) is 0 Å². The predicted molar refractivity (Wildman–Crippen MR) is 119 cm³/mol. The van der Waals surface area contributed by atoms with E-state index in [1.165, 1.54) is 6.33 Å². The summed E-state index contributed by atoms with van der Waals surface area (Å²) in [6.07, 6.45) is 3.24. The highest BCUT2D eigenvalue weighted by atomic mass is 16.5. The van der Waals surface area contributed by atoms with Crippen molar-refractivity contribution < 1.29 is 14.3 Å². The smallest absolute Gasteiger partial charge is 0.228 e. The Morgan fingerprint density at radius 3 is 2.55 bits per heavy atom. The Kier molecular flexibility index (Phi) is 5.59. The first kappa shape index (κ1) is 20.9. The van der Waals surface area contributed by atoms with Crippen molar-refractivity contribution in [1.29, 1.82) is 0 Å². The first-order valence-electron chi connectivity index (χ1n) is 10.8. The van der Waals surface area contributed by atoms with Gasteiger partial charge in [-0.1, -0.05) is 6.07 Å². The van der Waals surface area contributed by atoms with Gasteiger partial charge in [0.05, 0.1) is 13.0 Å². The zero-order valence-electron chi connectivity index (χ0n) is 18.2. The highest BCUT2D eigenvalue weighted by Gasteiger charge is 2.38. The van der Waals surface area contributed by atoms with E-state index in [-0.39, 0.29) is 24.2 Å². The van der Waals surface area contributed by atoms with Crippen LogP contribution in [0.2, 0.25) is 0 Å². The molecule has 5 rings (SSSR count). The number of aromatic nitrogens is 5. The zero-order valence-corrected chi connectivity index (χ0v) is 18.2. The fourth-order valence-corrected chi connectivity index (χ4v) is 4.25. The SMILES string of the molecule is COc1cccc(N2CC(C(=O)N3CCN(c4ccc(-n5cncn5)nn4)CC3)CC2=O)c1. The molecule has 0 spiro atoms. The summed E-state index contributed by atoms with van der Waals surface area (Å²) in [6, 6.07) is 11.1. The second kappa shape index (κ2) is 8.85. The van der Waals surface area contributed by atoms with Gasteiger partial charge in [0.15, 0.2) is 11.6 Å². The molecule has 0 aliphatic carbocycles. The molecule has 0 saturated carbocycles. The van der Waals surface area contributed by atoms with Crippen molar-refractivity contribution in [3.05, 3.63) is 49.1 Å². The summed E-state index contributed by atoms with van der Waals surface area (Å²) in [5.74, 6) is 1.69. The molecule has 2 aliphatic heterocycles. The quantitative estimate of drug-likeness (QED) is 0.563. The fourth-order valence-electron chi connectivity index (χ4n) is 4.25. The maximum Gasteiger partial charge on any atom is 0.228 e. The molecule has 11 heteroatoms. The van der Waals surface area contributed by atoms with Gasteiger partial charge in [0.1, 0.15) is 18.4 Å². The van der Waals surface area contributed by atoms with Gasteiger partial charge in [-0.15, -0.1) is 10.2 Å². The van der Waals surface area contributed by atoms with Crippen LogP contribution in [0.5, 0.6) is 5.75 Å². The lowest BCUT2D eigenvalue weighted by molar-refractivity contribution is -0.136. The minimum Gasteiger partial charge on any atom is -0.497 e. The lowest BCUT2D eigenvalue weighted by Gasteiger charge is -2.36.